The second-order valence-electron chi connectivity index (χ2n) is 4.99. The predicted molar refractivity (Wildman–Crippen MR) is 87.4 cm³/mol. The highest BCUT2D eigenvalue weighted by Gasteiger charge is 2.08. The van der Waals surface area contributed by atoms with E-state index in [2.05, 4.69) is 56.5 Å². The van der Waals surface area contributed by atoms with Crippen LogP contribution in [0.2, 0.25) is 0 Å². The molecule has 2 nitrogen and oxygen atoms in total. The van der Waals surface area contributed by atoms with Crippen molar-refractivity contribution in [2.45, 2.75) is 32.3 Å². The van der Waals surface area contributed by atoms with Crippen LogP contribution >= 0.6 is 11.8 Å². The maximum absolute atomic E-state index is 5.85. The minimum atomic E-state index is 0. The van der Waals surface area contributed by atoms with E-state index >= 15 is 0 Å². The van der Waals surface area contributed by atoms with Crippen LogP contribution in [0.25, 0.3) is 0 Å². The van der Waals surface area contributed by atoms with Gasteiger partial charge >= 0.3 is 0 Å². The average molecular weight is 281 g/mol. The summed E-state index contributed by atoms with van der Waals surface area (Å²) in [5.74, 6) is 1.92. The topological polar surface area (TPSA) is 12.5 Å². The molecule has 0 saturated heterocycles. The SMILES string of the molecule is C=C=C(CCSC1=CC=CCC1)OC(C)CN(C)C.[HH]. The number of allylic oxidation sites excluding steroid dienone is 5. The minimum absolute atomic E-state index is 0. The number of nitrogens with zero attached hydrogens (tertiary/aromatic N) is 1. The summed E-state index contributed by atoms with van der Waals surface area (Å²) in [4.78, 5) is 3.59. The van der Waals surface area contributed by atoms with Gasteiger partial charge < -0.3 is 9.64 Å². The normalized spacial score (nSPS) is 15.9. The number of hydrogen-bond donors (Lipinski definition) is 0. The van der Waals surface area contributed by atoms with E-state index in [1.807, 2.05) is 11.8 Å². The van der Waals surface area contributed by atoms with E-state index in [1.54, 1.807) is 0 Å². The third-order valence-electron chi connectivity index (χ3n) is 2.76. The fraction of sp³-hybridized carbons (Fsp3) is 0.562. The lowest BCUT2D eigenvalue weighted by atomic mass is 10.2. The van der Waals surface area contributed by atoms with Gasteiger partial charge in [-0.25, -0.2) is 0 Å². The van der Waals surface area contributed by atoms with E-state index in [-0.39, 0.29) is 7.53 Å². The zero-order chi connectivity index (χ0) is 14.1. The van der Waals surface area contributed by atoms with Gasteiger partial charge in [-0.1, -0.05) is 30.5 Å². The smallest absolute Gasteiger partial charge is 0.139 e. The van der Waals surface area contributed by atoms with Crippen molar-refractivity contribution in [3.05, 3.63) is 41.2 Å². The Morgan fingerprint density at radius 2 is 2.42 bits per heavy atom. The van der Waals surface area contributed by atoms with Crippen molar-refractivity contribution in [1.82, 2.24) is 4.90 Å². The van der Waals surface area contributed by atoms with E-state index < -0.39 is 0 Å². The van der Waals surface area contributed by atoms with Crippen molar-refractivity contribution < 1.29 is 6.16 Å². The first-order chi connectivity index (χ1) is 9.11. The second kappa shape index (κ2) is 9.08. The number of rotatable bonds is 8. The highest BCUT2D eigenvalue weighted by atomic mass is 32.2. The Kier molecular flexibility index (Phi) is 7.73. The Balaban J connectivity index is 0.00000361. The van der Waals surface area contributed by atoms with Crippen LogP contribution in [0.4, 0.5) is 0 Å². The van der Waals surface area contributed by atoms with Crippen molar-refractivity contribution >= 4 is 11.8 Å². The average Bonchev–Trinajstić information content (AvgIpc) is 2.38. The van der Waals surface area contributed by atoms with Crippen molar-refractivity contribution in [2.75, 3.05) is 26.4 Å². The van der Waals surface area contributed by atoms with Crippen LogP contribution in [0.5, 0.6) is 0 Å². The molecule has 0 aromatic heterocycles. The molecule has 0 N–H and O–H groups in total. The lowest BCUT2D eigenvalue weighted by Crippen LogP contribution is -2.25. The lowest BCUT2D eigenvalue weighted by molar-refractivity contribution is 0.101. The summed E-state index contributed by atoms with van der Waals surface area (Å²) >= 11 is 1.91. The summed E-state index contributed by atoms with van der Waals surface area (Å²) in [6.07, 6.45) is 9.98. The Labute approximate surface area is 123 Å². The van der Waals surface area contributed by atoms with E-state index in [0.29, 0.717) is 0 Å². The predicted octanol–water partition coefficient (Wildman–Crippen LogP) is 4.23. The van der Waals surface area contributed by atoms with Crippen LogP contribution < -0.4 is 0 Å². The van der Waals surface area contributed by atoms with E-state index in [9.17, 15) is 0 Å². The minimum Gasteiger partial charge on any atom is -0.486 e. The first-order valence-electron chi connectivity index (χ1n) is 6.80. The molecule has 1 unspecified atom stereocenters. The molecule has 0 aliphatic heterocycles. The summed E-state index contributed by atoms with van der Waals surface area (Å²) in [6.45, 7) is 6.72. The molecule has 3 heteroatoms. The molecule has 19 heavy (non-hydrogen) atoms. The highest BCUT2D eigenvalue weighted by molar-refractivity contribution is 8.03. The fourth-order valence-corrected chi connectivity index (χ4v) is 2.95. The van der Waals surface area contributed by atoms with Gasteiger partial charge in [0.25, 0.3) is 0 Å². The van der Waals surface area contributed by atoms with Crippen molar-refractivity contribution in [3.8, 4) is 0 Å². The lowest BCUT2D eigenvalue weighted by Gasteiger charge is -2.19. The number of hydrogen-bond acceptors (Lipinski definition) is 3. The first-order valence-corrected chi connectivity index (χ1v) is 7.79. The van der Waals surface area contributed by atoms with Crippen molar-refractivity contribution in [1.29, 1.82) is 0 Å². The van der Waals surface area contributed by atoms with Crippen LogP contribution in [-0.4, -0.2) is 37.4 Å². The Hall–Kier alpha value is -0.890. The number of thioether (sulfide) groups is 1. The van der Waals surface area contributed by atoms with Gasteiger partial charge in [0.05, 0.1) is 0 Å². The summed E-state index contributed by atoms with van der Waals surface area (Å²) in [6, 6.07) is 0. The second-order valence-corrected chi connectivity index (χ2v) is 6.21. The zero-order valence-electron chi connectivity index (χ0n) is 12.3. The van der Waals surface area contributed by atoms with Crippen LogP contribution in [0.3, 0.4) is 0 Å². The molecule has 0 fully saturated rings. The first kappa shape index (κ1) is 16.2. The van der Waals surface area contributed by atoms with Crippen LogP contribution in [0.15, 0.2) is 41.2 Å². The van der Waals surface area contributed by atoms with E-state index in [4.69, 9.17) is 4.74 Å². The molecular formula is C16H27NOS. The van der Waals surface area contributed by atoms with Crippen LogP contribution in [0.1, 0.15) is 27.6 Å². The molecular weight excluding hydrogens is 254 g/mol. The molecule has 0 bridgehead atoms. The van der Waals surface area contributed by atoms with Gasteiger partial charge in [-0.05, 0) is 38.8 Å². The molecule has 0 aromatic rings. The molecule has 0 spiro atoms. The van der Waals surface area contributed by atoms with Crippen LogP contribution in [0, 0.1) is 0 Å². The van der Waals surface area contributed by atoms with Gasteiger partial charge in [-0.15, -0.1) is 11.8 Å². The quantitative estimate of drug-likeness (QED) is 0.488. The van der Waals surface area contributed by atoms with Gasteiger partial charge in [-0.3, -0.25) is 0 Å². The maximum Gasteiger partial charge on any atom is 0.139 e. The van der Waals surface area contributed by atoms with Crippen molar-refractivity contribution in [3.63, 3.8) is 0 Å². The monoisotopic (exact) mass is 281 g/mol. The molecule has 1 aliphatic carbocycles. The standard InChI is InChI=1S/C16H25NOS.H2/c1-5-15(18-14(2)13-17(3)4)11-12-19-16-9-7-6-8-10-16;/h6-7,9,14H,1,8,10-13H2,2-4H3;1H. The maximum atomic E-state index is 5.85. The fourth-order valence-electron chi connectivity index (χ4n) is 1.96. The van der Waals surface area contributed by atoms with E-state index in [0.717, 1.165) is 24.5 Å². The molecule has 0 amide bonds. The van der Waals surface area contributed by atoms with Gasteiger partial charge in [0.2, 0.25) is 0 Å². The molecule has 108 valence electrons. The molecule has 0 saturated carbocycles. The third-order valence-corrected chi connectivity index (χ3v) is 3.87. The highest BCUT2D eigenvalue weighted by Crippen LogP contribution is 2.26. The third kappa shape index (κ3) is 7.31. The molecule has 1 aliphatic rings. The Morgan fingerprint density at radius 1 is 1.63 bits per heavy atom. The summed E-state index contributed by atoms with van der Waals surface area (Å²) < 4.78 is 5.85. The summed E-state index contributed by atoms with van der Waals surface area (Å²) in [5, 5.41) is 0. The zero-order valence-corrected chi connectivity index (χ0v) is 13.1. The molecule has 0 heterocycles. The van der Waals surface area contributed by atoms with Gasteiger partial charge in [0.15, 0.2) is 0 Å². The van der Waals surface area contributed by atoms with Crippen LogP contribution in [-0.2, 0) is 4.74 Å². The molecule has 1 rings (SSSR count). The molecule has 0 aromatic carbocycles. The number of likely N-dealkylation sites (N-methyl/N-ethyl adjacent to an activating group) is 1. The summed E-state index contributed by atoms with van der Waals surface area (Å²) in [7, 11) is 4.10. The number of ether oxygens (including phenoxy) is 1. The van der Waals surface area contributed by atoms with E-state index in [1.165, 1.54) is 17.7 Å². The summed E-state index contributed by atoms with van der Waals surface area (Å²) in [5.41, 5.74) is 2.92. The Morgan fingerprint density at radius 3 is 3.00 bits per heavy atom. The van der Waals surface area contributed by atoms with Gasteiger partial charge in [-0.2, -0.15) is 0 Å². The molecule has 0 radical (unpaired) electrons. The van der Waals surface area contributed by atoms with Gasteiger partial charge in [0.1, 0.15) is 11.9 Å². The van der Waals surface area contributed by atoms with Gasteiger partial charge in [0, 0.05) is 20.1 Å². The molecule has 1 atom stereocenters. The largest absolute Gasteiger partial charge is 0.486 e. The Bertz CT molecular complexity index is 384. The van der Waals surface area contributed by atoms with Crippen molar-refractivity contribution in [2.24, 2.45) is 0 Å².